The topological polar surface area (TPSA) is 30.7 Å². The van der Waals surface area contributed by atoms with E-state index >= 15 is 0 Å². The standard InChI is InChI=1S/C8H11ClF3N3/c1-5(2)15-6(3-8(10,11)12)13-14-7(15)4-9/h5H,3-4H2,1-2H3. The predicted molar refractivity (Wildman–Crippen MR) is 49.7 cm³/mol. The van der Waals surface area contributed by atoms with Gasteiger partial charge in [0.1, 0.15) is 18.1 Å². The summed E-state index contributed by atoms with van der Waals surface area (Å²) in [5.41, 5.74) is 0. The van der Waals surface area contributed by atoms with Crippen LogP contribution in [-0.4, -0.2) is 20.9 Å². The number of halogens is 4. The highest BCUT2D eigenvalue weighted by Gasteiger charge is 2.31. The first kappa shape index (κ1) is 12.3. The molecule has 0 aromatic carbocycles. The number of aromatic nitrogens is 3. The highest BCUT2D eigenvalue weighted by molar-refractivity contribution is 6.16. The quantitative estimate of drug-likeness (QED) is 0.762. The average Bonchev–Trinajstić information content (AvgIpc) is 2.44. The normalized spacial score (nSPS) is 12.5. The Kier molecular flexibility index (Phi) is 3.59. The number of nitrogens with zero attached hydrogens (tertiary/aromatic N) is 3. The van der Waals surface area contributed by atoms with E-state index in [1.807, 2.05) is 0 Å². The Hall–Kier alpha value is -0.780. The first-order chi connectivity index (χ1) is 6.85. The van der Waals surface area contributed by atoms with E-state index < -0.39 is 12.6 Å². The molecule has 3 nitrogen and oxygen atoms in total. The summed E-state index contributed by atoms with van der Waals surface area (Å²) < 4.78 is 38.0. The zero-order valence-electron chi connectivity index (χ0n) is 8.35. The second-order valence-electron chi connectivity index (χ2n) is 3.42. The second kappa shape index (κ2) is 4.38. The summed E-state index contributed by atoms with van der Waals surface area (Å²) in [7, 11) is 0. The molecule has 7 heteroatoms. The first-order valence-corrected chi connectivity index (χ1v) is 4.94. The van der Waals surface area contributed by atoms with E-state index in [4.69, 9.17) is 11.6 Å². The fraction of sp³-hybridized carbons (Fsp3) is 0.750. The largest absolute Gasteiger partial charge is 0.396 e. The predicted octanol–water partition coefficient (Wildman–Crippen LogP) is 2.70. The summed E-state index contributed by atoms with van der Waals surface area (Å²) in [4.78, 5) is 0. The van der Waals surface area contributed by atoms with E-state index in [9.17, 15) is 13.2 Å². The molecule has 1 rings (SSSR count). The lowest BCUT2D eigenvalue weighted by molar-refractivity contribution is -0.129. The third-order valence-corrected chi connectivity index (χ3v) is 2.07. The van der Waals surface area contributed by atoms with Gasteiger partial charge in [0.05, 0.1) is 5.88 Å². The lowest BCUT2D eigenvalue weighted by Gasteiger charge is -2.13. The molecule has 0 aliphatic rings. The maximum absolute atomic E-state index is 12.2. The van der Waals surface area contributed by atoms with E-state index in [1.165, 1.54) is 4.57 Å². The van der Waals surface area contributed by atoms with Gasteiger partial charge in [-0.25, -0.2) is 0 Å². The van der Waals surface area contributed by atoms with Crippen molar-refractivity contribution in [3.63, 3.8) is 0 Å². The van der Waals surface area contributed by atoms with Gasteiger partial charge in [-0.15, -0.1) is 21.8 Å². The fourth-order valence-corrected chi connectivity index (χ4v) is 1.53. The molecule has 0 fully saturated rings. The zero-order chi connectivity index (χ0) is 11.6. The Morgan fingerprint density at radius 3 is 2.20 bits per heavy atom. The molecule has 0 bridgehead atoms. The summed E-state index contributed by atoms with van der Waals surface area (Å²) in [6, 6.07) is -0.133. The van der Waals surface area contributed by atoms with E-state index in [0.29, 0.717) is 5.82 Å². The summed E-state index contributed by atoms with van der Waals surface area (Å²) >= 11 is 5.56. The molecule has 1 heterocycles. The van der Waals surface area contributed by atoms with Crippen molar-refractivity contribution in [1.29, 1.82) is 0 Å². The van der Waals surface area contributed by atoms with Gasteiger partial charge in [-0.3, -0.25) is 0 Å². The molecule has 0 radical (unpaired) electrons. The van der Waals surface area contributed by atoms with Crippen LogP contribution in [0.3, 0.4) is 0 Å². The van der Waals surface area contributed by atoms with Crippen molar-refractivity contribution < 1.29 is 13.2 Å². The second-order valence-corrected chi connectivity index (χ2v) is 3.69. The molecule has 0 aliphatic carbocycles. The molecule has 0 N–H and O–H groups in total. The Morgan fingerprint density at radius 2 is 1.80 bits per heavy atom. The van der Waals surface area contributed by atoms with Crippen LogP contribution in [0.25, 0.3) is 0 Å². The van der Waals surface area contributed by atoms with Crippen LogP contribution in [-0.2, 0) is 12.3 Å². The Morgan fingerprint density at radius 1 is 1.27 bits per heavy atom. The van der Waals surface area contributed by atoms with Gasteiger partial charge in [0.25, 0.3) is 0 Å². The summed E-state index contributed by atoms with van der Waals surface area (Å²) in [5.74, 6) is 0.335. The zero-order valence-corrected chi connectivity index (χ0v) is 9.10. The summed E-state index contributed by atoms with van der Waals surface area (Å²) in [6.07, 6.45) is -5.35. The van der Waals surface area contributed by atoms with Crippen molar-refractivity contribution in [3.8, 4) is 0 Å². The minimum Gasteiger partial charge on any atom is -0.311 e. The molecule has 1 aromatic rings. The van der Waals surface area contributed by atoms with Crippen molar-refractivity contribution in [2.75, 3.05) is 0 Å². The Balaban J connectivity index is 3.03. The summed E-state index contributed by atoms with van der Waals surface area (Å²) in [5, 5.41) is 7.12. The van der Waals surface area contributed by atoms with E-state index in [0.717, 1.165) is 0 Å². The lowest BCUT2D eigenvalue weighted by atomic mass is 10.3. The molecule has 0 spiro atoms. The van der Waals surface area contributed by atoms with E-state index in [-0.39, 0.29) is 17.7 Å². The first-order valence-electron chi connectivity index (χ1n) is 4.40. The molecular weight excluding hydrogens is 231 g/mol. The maximum Gasteiger partial charge on any atom is 0.396 e. The Labute approximate surface area is 90.2 Å². The smallest absolute Gasteiger partial charge is 0.311 e. The van der Waals surface area contributed by atoms with Gasteiger partial charge in [-0.05, 0) is 13.8 Å². The third kappa shape index (κ3) is 3.09. The van der Waals surface area contributed by atoms with E-state index in [1.54, 1.807) is 13.8 Å². The van der Waals surface area contributed by atoms with Gasteiger partial charge < -0.3 is 4.57 Å². The molecule has 0 amide bonds. The highest BCUT2D eigenvalue weighted by Crippen LogP contribution is 2.23. The number of hydrogen-bond donors (Lipinski definition) is 0. The number of rotatable bonds is 3. The SMILES string of the molecule is CC(C)n1c(CCl)nnc1CC(F)(F)F. The summed E-state index contributed by atoms with van der Waals surface area (Å²) in [6.45, 7) is 3.53. The molecule has 15 heavy (non-hydrogen) atoms. The maximum atomic E-state index is 12.2. The van der Waals surface area contributed by atoms with Crippen LogP contribution in [0.2, 0.25) is 0 Å². The van der Waals surface area contributed by atoms with Crippen LogP contribution in [0.1, 0.15) is 31.5 Å². The van der Waals surface area contributed by atoms with Gasteiger partial charge >= 0.3 is 6.18 Å². The van der Waals surface area contributed by atoms with Gasteiger partial charge in [-0.1, -0.05) is 0 Å². The molecule has 0 saturated carbocycles. The van der Waals surface area contributed by atoms with E-state index in [2.05, 4.69) is 10.2 Å². The van der Waals surface area contributed by atoms with Crippen molar-refractivity contribution in [1.82, 2.24) is 14.8 Å². The van der Waals surface area contributed by atoms with Gasteiger partial charge in [0.2, 0.25) is 0 Å². The van der Waals surface area contributed by atoms with Crippen LogP contribution in [0, 0.1) is 0 Å². The monoisotopic (exact) mass is 241 g/mol. The van der Waals surface area contributed by atoms with Crippen molar-refractivity contribution >= 4 is 11.6 Å². The molecule has 0 unspecified atom stereocenters. The van der Waals surface area contributed by atoms with Crippen LogP contribution >= 0.6 is 11.6 Å². The van der Waals surface area contributed by atoms with Crippen molar-refractivity contribution in [3.05, 3.63) is 11.6 Å². The molecular formula is C8H11ClF3N3. The van der Waals surface area contributed by atoms with Gasteiger partial charge in [-0.2, -0.15) is 13.2 Å². The van der Waals surface area contributed by atoms with Gasteiger partial charge in [0.15, 0.2) is 0 Å². The molecule has 1 aromatic heterocycles. The average molecular weight is 242 g/mol. The van der Waals surface area contributed by atoms with Gasteiger partial charge in [0, 0.05) is 6.04 Å². The fourth-order valence-electron chi connectivity index (χ4n) is 1.35. The molecule has 0 saturated heterocycles. The van der Waals surface area contributed by atoms with Crippen LogP contribution in [0.4, 0.5) is 13.2 Å². The van der Waals surface area contributed by atoms with Crippen LogP contribution < -0.4 is 0 Å². The molecule has 0 aliphatic heterocycles. The lowest BCUT2D eigenvalue weighted by Crippen LogP contribution is -2.18. The molecule has 0 atom stereocenters. The third-order valence-electron chi connectivity index (χ3n) is 1.83. The minimum absolute atomic E-state index is 0.0586. The number of hydrogen-bond acceptors (Lipinski definition) is 2. The van der Waals surface area contributed by atoms with Crippen molar-refractivity contribution in [2.45, 2.75) is 38.4 Å². The van der Waals surface area contributed by atoms with Crippen LogP contribution in [0.5, 0.6) is 0 Å². The highest BCUT2D eigenvalue weighted by atomic mass is 35.5. The Bertz CT molecular complexity index is 332. The number of alkyl halides is 4. The van der Waals surface area contributed by atoms with Crippen LogP contribution in [0.15, 0.2) is 0 Å². The van der Waals surface area contributed by atoms with Crippen molar-refractivity contribution in [2.24, 2.45) is 0 Å². The molecule has 86 valence electrons. The minimum atomic E-state index is -4.27.